The lowest BCUT2D eigenvalue weighted by atomic mass is 9.90. The Labute approximate surface area is 156 Å². The SMILES string of the molecule is CC(=O)N1C[C@H](Nc2ncnc3[nH]cc([C@@H]4CC4(F)F)c23)CC[C@@H]1C(C)C. The summed E-state index contributed by atoms with van der Waals surface area (Å²) in [5, 5.41) is 4.03. The number of carbonyl (C=O) groups is 1. The maximum absolute atomic E-state index is 13.6. The molecule has 0 bridgehead atoms. The van der Waals surface area contributed by atoms with Gasteiger partial charge in [-0.05, 0) is 24.3 Å². The number of piperidine rings is 1. The molecule has 0 radical (unpaired) electrons. The maximum atomic E-state index is 13.6. The number of hydrogen-bond donors (Lipinski definition) is 2. The number of hydrogen-bond acceptors (Lipinski definition) is 4. The third-order valence-electron chi connectivity index (χ3n) is 5.84. The highest BCUT2D eigenvalue weighted by atomic mass is 19.3. The Balaban J connectivity index is 1.59. The van der Waals surface area contributed by atoms with E-state index in [1.54, 1.807) is 13.1 Å². The molecule has 27 heavy (non-hydrogen) atoms. The Morgan fingerprint density at radius 3 is 2.74 bits per heavy atom. The Morgan fingerprint density at radius 2 is 2.11 bits per heavy atom. The van der Waals surface area contributed by atoms with E-state index in [1.165, 1.54) is 6.33 Å². The van der Waals surface area contributed by atoms with E-state index in [9.17, 15) is 13.6 Å². The molecule has 0 aromatic carbocycles. The summed E-state index contributed by atoms with van der Waals surface area (Å²) < 4.78 is 27.2. The molecule has 2 aromatic rings. The third-order valence-corrected chi connectivity index (χ3v) is 5.84. The summed E-state index contributed by atoms with van der Waals surface area (Å²) >= 11 is 0. The van der Waals surface area contributed by atoms with Crippen LogP contribution in [-0.2, 0) is 4.79 Å². The van der Waals surface area contributed by atoms with Crippen molar-refractivity contribution in [2.75, 3.05) is 11.9 Å². The maximum Gasteiger partial charge on any atom is 0.256 e. The Bertz CT molecular complexity index is 865. The fourth-order valence-corrected chi connectivity index (χ4v) is 4.28. The van der Waals surface area contributed by atoms with Gasteiger partial charge in [0, 0.05) is 38.2 Å². The van der Waals surface area contributed by atoms with Gasteiger partial charge in [0.1, 0.15) is 17.8 Å². The van der Waals surface area contributed by atoms with E-state index in [4.69, 9.17) is 0 Å². The van der Waals surface area contributed by atoms with E-state index >= 15 is 0 Å². The molecule has 2 aliphatic rings. The van der Waals surface area contributed by atoms with Gasteiger partial charge in [-0.2, -0.15) is 0 Å². The molecule has 1 amide bonds. The second-order valence-corrected chi connectivity index (χ2v) is 8.11. The minimum Gasteiger partial charge on any atom is -0.365 e. The van der Waals surface area contributed by atoms with Crippen molar-refractivity contribution in [3.8, 4) is 0 Å². The van der Waals surface area contributed by atoms with Crippen LogP contribution in [0, 0.1) is 5.92 Å². The Kier molecular flexibility index (Phi) is 4.31. The van der Waals surface area contributed by atoms with Gasteiger partial charge >= 0.3 is 0 Å². The van der Waals surface area contributed by atoms with Crippen LogP contribution < -0.4 is 5.32 Å². The van der Waals surface area contributed by atoms with Crippen LogP contribution in [0.5, 0.6) is 0 Å². The number of amides is 1. The fourth-order valence-electron chi connectivity index (χ4n) is 4.28. The monoisotopic (exact) mass is 377 g/mol. The van der Waals surface area contributed by atoms with Crippen molar-refractivity contribution >= 4 is 22.8 Å². The number of aromatic amines is 1. The highest BCUT2D eigenvalue weighted by Crippen LogP contribution is 2.57. The van der Waals surface area contributed by atoms with Gasteiger partial charge in [-0.25, -0.2) is 18.7 Å². The molecule has 1 aliphatic heterocycles. The molecule has 2 fully saturated rings. The largest absolute Gasteiger partial charge is 0.365 e. The Hall–Kier alpha value is -2.25. The number of nitrogens with one attached hydrogen (secondary N) is 2. The Morgan fingerprint density at radius 1 is 1.37 bits per heavy atom. The van der Waals surface area contributed by atoms with E-state index in [0.29, 0.717) is 34.9 Å². The molecule has 2 aromatic heterocycles. The quantitative estimate of drug-likeness (QED) is 0.855. The van der Waals surface area contributed by atoms with Gasteiger partial charge in [0.05, 0.1) is 11.3 Å². The highest BCUT2D eigenvalue weighted by molar-refractivity contribution is 5.91. The van der Waals surface area contributed by atoms with Gasteiger partial charge in [0.15, 0.2) is 0 Å². The highest BCUT2D eigenvalue weighted by Gasteiger charge is 2.58. The smallest absolute Gasteiger partial charge is 0.256 e. The number of nitrogens with zero attached hydrogens (tertiary/aromatic N) is 3. The lowest BCUT2D eigenvalue weighted by Crippen LogP contribution is -2.52. The molecule has 0 unspecified atom stereocenters. The normalized spacial score (nSPS) is 27.2. The molecular formula is C19H25F2N5O. The number of H-pyrrole nitrogens is 1. The van der Waals surface area contributed by atoms with Crippen molar-refractivity contribution in [3.05, 3.63) is 18.1 Å². The molecule has 8 heteroatoms. The lowest BCUT2D eigenvalue weighted by molar-refractivity contribution is -0.133. The summed E-state index contributed by atoms with van der Waals surface area (Å²) in [4.78, 5) is 25.5. The third kappa shape index (κ3) is 3.26. The van der Waals surface area contributed by atoms with E-state index < -0.39 is 11.8 Å². The number of fused-ring (bicyclic) bond motifs is 1. The van der Waals surface area contributed by atoms with E-state index in [-0.39, 0.29) is 24.4 Å². The van der Waals surface area contributed by atoms with Crippen molar-refractivity contribution in [2.45, 2.75) is 64.0 Å². The van der Waals surface area contributed by atoms with Gasteiger partial charge in [-0.15, -0.1) is 0 Å². The topological polar surface area (TPSA) is 73.9 Å². The van der Waals surface area contributed by atoms with Gasteiger partial charge in [0.2, 0.25) is 5.91 Å². The molecule has 2 N–H and O–H groups in total. The van der Waals surface area contributed by atoms with Crippen LogP contribution in [-0.4, -0.2) is 50.3 Å². The fraction of sp³-hybridized carbons (Fsp3) is 0.632. The number of anilines is 1. The zero-order valence-electron chi connectivity index (χ0n) is 15.8. The number of rotatable bonds is 4. The van der Waals surface area contributed by atoms with Crippen LogP contribution in [0.15, 0.2) is 12.5 Å². The van der Waals surface area contributed by atoms with Crippen molar-refractivity contribution in [1.29, 1.82) is 0 Å². The molecule has 1 saturated heterocycles. The van der Waals surface area contributed by atoms with Crippen LogP contribution in [0.1, 0.15) is 51.5 Å². The molecule has 4 rings (SSSR count). The average molecular weight is 377 g/mol. The van der Waals surface area contributed by atoms with E-state index in [2.05, 4.69) is 34.1 Å². The zero-order chi connectivity index (χ0) is 19.3. The summed E-state index contributed by atoms with van der Waals surface area (Å²) in [5.41, 5.74) is 1.13. The van der Waals surface area contributed by atoms with Crippen molar-refractivity contribution in [3.63, 3.8) is 0 Å². The predicted octanol–water partition coefficient (Wildman–Crippen LogP) is 3.53. The summed E-state index contributed by atoms with van der Waals surface area (Å²) in [5.74, 6) is -2.40. The van der Waals surface area contributed by atoms with E-state index in [1.807, 2.05) is 4.90 Å². The minimum atomic E-state index is -2.65. The van der Waals surface area contributed by atoms with Crippen molar-refractivity contribution in [2.24, 2.45) is 5.92 Å². The standard InChI is InChI=1S/C19H25F2N5O/c1-10(2)15-5-4-12(8-26(15)11(3)27)25-18-16-13(14-6-19(14,20)21)7-22-17(16)23-9-24-18/h7,9-10,12,14-15H,4-6,8H2,1-3H3,(H2,22,23,24,25)/t12-,14+,15-/m1/s1. The van der Waals surface area contributed by atoms with Gasteiger partial charge in [-0.3, -0.25) is 4.79 Å². The van der Waals surface area contributed by atoms with Gasteiger partial charge in [-0.1, -0.05) is 13.8 Å². The number of carbonyl (C=O) groups excluding carboxylic acids is 1. The number of likely N-dealkylation sites (tertiary alicyclic amines) is 1. The summed E-state index contributed by atoms with van der Waals surface area (Å²) in [7, 11) is 0. The van der Waals surface area contributed by atoms with E-state index in [0.717, 1.165) is 12.8 Å². The second kappa shape index (κ2) is 6.42. The first kappa shape index (κ1) is 18.1. The summed E-state index contributed by atoms with van der Waals surface area (Å²) in [6.07, 6.45) is 4.72. The van der Waals surface area contributed by atoms with Gasteiger partial charge in [0.25, 0.3) is 5.92 Å². The molecule has 1 saturated carbocycles. The molecule has 0 spiro atoms. The molecule has 3 heterocycles. The average Bonchev–Trinajstić information content (AvgIpc) is 3.04. The number of alkyl halides is 2. The first-order valence-corrected chi connectivity index (χ1v) is 9.51. The number of aromatic nitrogens is 3. The van der Waals surface area contributed by atoms with Crippen LogP contribution in [0.3, 0.4) is 0 Å². The first-order valence-electron chi connectivity index (χ1n) is 9.51. The van der Waals surface area contributed by atoms with Crippen molar-refractivity contribution in [1.82, 2.24) is 19.9 Å². The molecule has 6 nitrogen and oxygen atoms in total. The molecule has 3 atom stereocenters. The van der Waals surface area contributed by atoms with Crippen LogP contribution >= 0.6 is 0 Å². The molecule has 146 valence electrons. The summed E-state index contributed by atoms with van der Waals surface area (Å²) in [6.45, 7) is 6.44. The number of halogens is 2. The first-order chi connectivity index (χ1) is 12.8. The predicted molar refractivity (Wildman–Crippen MR) is 98.9 cm³/mol. The summed E-state index contributed by atoms with van der Waals surface area (Å²) in [6, 6.07) is 0.267. The van der Waals surface area contributed by atoms with Crippen molar-refractivity contribution < 1.29 is 13.6 Å². The second-order valence-electron chi connectivity index (χ2n) is 8.11. The molecule has 1 aliphatic carbocycles. The van der Waals surface area contributed by atoms with Crippen LogP contribution in [0.4, 0.5) is 14.6 Å². The minimum absolute atomic E-state index is 0.0319. The lowest BCUT2D eigenvalue weighted by Gasteiger charge is -2.41. The molecular weight excluding hydrogens is 352 g/mol. The zero-order valence-corrected chi connectivity index (χ0v) is 15.8. The van der Waals surface area contributed by atoms with Gasteiger partial charge < -0.3 is 15.2 Å². The van der Waals surface area contributed by atoms with Crippen LogP contribution in [0.25, 0.3) is 11.0 Å². The van der Waals surface area contributed by atoms with Crippen LogP contribution in [0.2, 0.25) is 0 Å².